The third-order valence-corrected chi connectivity index (χ3v) is 3.59. The zero-order valence-corrected chi connectivity index (χ0v) is 14.8. The number of para-hydroxylation sites is 2. The van der Waals surface area contributed by atoms with Crippen LogP contribution in [-0.4, -0.2) is 27.2 Å². The fourth-order valence-corrected chi connectivity index (χ4v) is 2.27. The fraction of sp³-hybridized carbons (Fsp3) is 0.412. The van der Waals surface area contributed by atoms with E-state index in [2.05, 4.69) is 10.4 Å². The van der Waals surface area contributed by atoms with Crippen LogP contribution in [0.25, 0.3) is 0 Å². The molecular weight excluding hydrogens is 324 g/mol. The van der Waals surface area contributed by atoms with Crippen LogP contribution in [0.1, 0.15) is 36.8 Å². The van der Waals surface area contributed by atoms with Gasteiger partial charge < -0.3 is 10.1 Å². The van der Waals surface area contributed by atoms with Crippen molar-refractivity contribution in [2.24, 2.45) is 5.92 Å². The first-order chi connectivity index (χ1) is 11.8. The summed E-state index contributed by atoms with van der Waals surface area (Å²) in [5.41, 5.74) is 0.661. The fourth-order valence-electron chi connectivity index (χ4n) is 2.27. The number of nitro groups is 1. The molecule has 1 amide bonds. The second-order valence-electron chi connectivity index (χ2n) is 6.03. The minimum Gasteiger partial charge on any atom is -0.432 e. The molecule has 8 nitrogen and oxygen atoms in total. The number of amides is 1. The molecule has 0 atom stereocenters. The van der Waals surface area contributed by atoms with Crippen molar-refractivity contribution in [3.8, 4) is 11.6 Å². The number of hydrogen-bond acceptors (Lipinski definition) is 5. The summed E-state index contributed by atoms with van der Waals surface area (Å²) in [6.45, 7) is 8.58. The first-order valence-corrected chi connectivity index (χ1v) is 8.12. The van der Waals surface area contributed by atoms with Gasteiger partial charge >= 0.3 is 5.69 Å². The lowest BCUT2D eigenvalue weighted by molar-refractivity contribution is -0.385. The van der Waals surface area contributed by atoms with Gasteiger partial charge in [0.05, 0.1) is 4.92 Å². The molecule has 0 fully saturated rings. The molecule has 0 aliphatic heterocycles. The average Bonchev–Trinajstić information content (AvgIpc) is 2.89. The molecule has 0 radical (unpaired) electrons. The molecule has 8 heteroatoms. The second-order valence-corrected chi connectivity index (χ2v) is 6.03. The summed E-state index contributed by atoms with van der Waals surface area (Å²) in [5.74, 6) is 0.469. The summed E-state index contributed by atoms with van der Waals surface area (Å²) in [6.07, 6.45) is 0. The highest BCUT2D eigenvalue weighted by atomic mass is 16.6. The summed E-state index contributed by atoms with van der Waals surface area (Å²) in [6, 6.07) is 6.11. The number of aromatic nitrogens is 2. The number of hydrogen-bond donors (Lipinski definition) is 1. The van der Waals surface area contributed by atoms with Crippen molar-refractivity contribution in [1.82, 2.24) is 15.1 Å². The van der Waals surface area contributed by atoms with Crippen LogP contribution < -0.4 is 10.1 Å². The van der Waals surface area contributed by atoms with E-state index in [-0.39, 0.29) is 23.0 Å². The van der Waals surface area contributed by atoms with E-state index in [9.17, 15) is 14.9 Å². The molecule has 0 spiro atoms. The third kappa shape index (κ3) is 4.14. The van der Waals surface area contributed by atoms with Crippen LogP contribution in [0.5, 0.6) is 11.6 Å². The number of benzene rings is 1. The number of aryl methyl sites for hydroxylation is 1. The van der Waals surface area contributed by atoms with Crippen molar-refractivity contribution in [2.75, 3.05) is 6.54 Å². The summed E-state index contributed by atoms with van der Waals surface area (Å²) in [4.78, 5) is 23.0. The number of carbonyl (C=O) groups is 1. The van der Waals surface area contributed by atoms with Gasteiger partial charge in [0.1, 0.15) is 0 Å². The lowest BCUT2D eigenvalue weighted by Gasteiger charge is -2.08. The van der Waals surface area contributed by atoms with Gasteiger partial charge in [-0.1, -0.05) is 26.0 Å². The van der Waals surface area contributed by atoms with Crippen LogP contribution in [0.15, 0.2) is 24.3 Å². The number of nitro benzene ring substituents is 1. The molecule has 0 aliphatic rings. The molecule has 0 bridgehead atoms. The Labute approximate surface area is 145 Å². The van der Waals surface area contributed by atoms with E-state index >= 15 is 0 Å². The molecule has 1 heterocycles. The quantitative estimate of drug-likeness (QED) is 0.612. The maximum absolute atomic E-state index is 12.3. The standard InChI is InChI=1S/C17H22N4O4/c1-5-20-17(25-14-9-7-6-8-13(14)21(23)24)12(4)15(19-20)16(22)18-10-11(2)3/h6-9,11H,5,10H2,1-4H3,(H,18,22). The maximum Gasteiger partial charge on any atom is 0.311 e. The molecule has 0 saturated heterocycles. The number of rotatable bonds is 7. The van der Waals surface area contributed by atoms with Crippen molar-refractivity contribution in [2.45, 2.75) is 34.2 Å². The first kappa shape index (κ1) is 18.4. The lowest BCUT2D eigenvalue weighted by atomic mass is 10.2. The van der Waals surface area contributed by atoms with Crippen LogP contribution >= 0.6 is 0 Å². The van der Waals surface area contributed by atoms with Crippen molar-refractivity contribution < 1.29 is 14.5 Å². The average molecular weight is 346 g/mol. The highest BCUT2D eigenvalue weighted by Gasteiger charge is 2.23. The topological polar surface area (TPSA) is 99.3 Å². The van der Waals surface area contributed by atoms with Crippen LogP contribution in [0, 0.1) is 23.0 Å². The highest BCUT2D eigenvalue weighted by molar-refractivity contribution is 5.94. The highest BCUT2D eigenvalue weighted by Crippen LogP contribution is 2.33. The number of ether oxygens (including phenoxy) is 1. The molecule has 0 unspecified atom stereocenters. The smallest absolute Gasteiger partial charge is 0.311 e. The Hall–Kier alpha value is -2.90. The third-order valence-electron chi connectivity index (χ3n) is 3.59. The summed E-state index contributed by atoms with van der Waals surface area (Å²) < 4.78 is 7.28. The van der Waals surface area contributed by atoms with E-state index in [1.165, 1.54) is 16.8 Å². The van der Waals surface area contributed by atoms with Gasteiger partial charge in [0.25, 0.3) is 5.91 Å². The van der Waals surface area contributed by atoms with Gasteiger partial charge in [-0.3, -0.25) is 14.9 Å². The summed E-state index contributed by atoms with van der Waals surface area (Å²) >= 11 is 0. The van der Waals surface area contributed by atoms with E-state index in [4.69, 9.17) is 4.74 Å². The maximum atomic E-state index is 12.3. The monoisotopic (exact) mass is 346 g/mol. The lowest BCUT2D eigenvalue weighted by Crippen LogP contribution is -2.28. The van der Waals surface area contributed by atoms with Gasteiger partial charge in [0, 0.05) is 24.7 Å². The van der Waals surface area contributed by atoms with E-state index in [0.29, 0.717) is 30.5 Å². The van der Waals surface area contributed by atoms with E-state index in [0.717, 1.165) is 0 Å². The largest absolute Gasteiger partial charge is 0.432 e. The number of nitrogens with one attached hydrogen (secondary N) is 1. The van der Waals surface area contributed by atoms with Crippen LogP contribution in [0.4, 0.5) is 5.69 Å². The minimum atomic E-state index is -0.506. The van der Waals surface area contributed by atoms with Crippen LogP contribution in [0.2, 0.25) is 0 Å². The van der Waals surface area contributed by atoms with Crippen LogP contribution in [0.3, 0.4) is 0 Å². The van der Waals surface area contributed by atoms with E-state index in [1.54, 1.807) is 19.1 Å². The molecule has 2 aromatic rings. The zero-order valence-electron chi connectivity index (χ0n) is 14.8. The normalized spacial score (nSPS) is 10.8. The Morgan fingerprint density at radius 1 is 1.40 bits per heavy atom. The predicted molar refractivity (Wildman–Crippen MR) is 93.0 cm³/mol. The Morgan fingerprint density at radius 3 is 2.68 bits per heavy atom. The van der Waals surface area contributed by atoms with Crippen LogP contribution in [-0.2, 0) is 6.54 Å². The van der Waals surface area contributed by atoms with Gasteiger partial charge in [-0.05, 0) is 25.8 Å². The molecule has 1 N–H and O–H groups in total. The minimum absolute atomic E-state index is 0.110. The van der Waals surface area contributed by atoms with Gasteiger partial charge in [0.15, 0.2) is 5.69 Å². The zero-order chi connectivity index (χ0) is 18.6. The first-order valence-electron chi connectivity index (χ1n) is 8.12. The Bertz CT molecular complexity index is 783. The second kappa shape index (κ2) is 7.78. The summed E-state index contributed by atoms with van der Waals surface area (Å²) in [7, 11) is 0. The molecule has 1 aromatic heterocycles. The van der Waals surface area contributed by atoms with Crippen molar-refractivity contribution >= 4 is 11.6 Å². The Balaban J connectivity index is 2.36. The van der Waals surface area contributed by atoms with Crippen molar-refractivity contribution in [1.29, 1.82) is 0 Å². The van der Waals surface area contributed by atoms with E-state index < -0.39 is 4.92 Å². The molecule has 25 heavy (non-hydrogen) atoms. The Morgan fingerprint density at radius 2 is 2.08 bits per heavy atom. The SMILES string of the molecule is CCn1nc(C(=O)NCC(C)C)c(C)c1Oc1ccccc1[N+](=O)[O-]. The molecular formula is C17H22N4O4. The Kier molecular flexibility index (Phi) is 5.74. The molecule has 0 aliphatic carbocycles. The van der Waals surface area contributed by atoms with Gasteiger partial charge in [-0.25, -0.2) is 4.68 Å². The van der Waals surface area contributed by atoms with Gasteiger partial charge in [-0.2, -0.15) is 5.10 Å². The molecule has 1 aromatic carbocycles. The van der Waals surface area contributed by atoms with Gasteiger partial charge in [0.2, 0.25) is 11.6 Å². The molecule has 134 valence electrons. The van der Waals surface area contributed by atoms with Gasteiger partial charge in [-0.15, -0.1) is 0 Å². The predicted octanol–water partition coefficient (Wildman–Crippen LogP) is 3.30. The number of nitrogens with zero attached hydrogens (tertiary/aromatic N) is 3. The van der Waals surface area contributed by atoms with E-state index in [1.807, 2.05) is 20.8 Å². The van der Waals surface area contributed by atoms with Crippen molar-refractivity contribution in [3.05, 3.63) is 45.6 Å². The molecule has 2 rings (SSSR count). The summed E-state index contributed by atoms with van der Waals surface area (Å²) in [5, 5.41) is 18.3. The number of carbonyl (C=O) groups excluding carboxylic acids is 1. The molecule has 0 saturated carbocycles. The van der Waals surface area contributed by atoms with Crippen molar-refractivity contribution in [3.63, 3.8) is 0 Å².